The summed E-state index contributed by atoms with van der Waals surface area (Å²) in [5.41, 5.74) is 0.440. The fourth-order valence-electron chi connectivity index (χ4n) is 0.866. The Morgan fingerprint density at radius 2 is 2.29 bits per heavy atom. The molecule has 0 saturated carbocycles. The topological polar surface area (TPSA) is 50.1 Å². The summed E-state index contributed by atoms with van der Waals surface area (Å²) in [7, 11) is 0. The summed E-state index contributed by atoms with van der Waals surface area (Å²) >= 11 is 7.78. The molecule has 0 N–H and O–H groups in total. The van der Waals surface area contributed by atoms with E-state index in [1.807, 2.05) is 28.7 Å². The van der Waals surface area contributed by atoms with E-state index >= 15 is 0 Å². The number of carbonyl (C=O) groups excluding carboxylic acids is 1. The van der Waals surface area contributed by atoms with Crippen molar-refractivity contribution in [2.75, 3.05) is 0 Å². The summed E-state index contributed by atoms with van der Waals surface area (Å²) in [5.74, 6) is -0.131. The SMILES string of the molecule is CC(=O)Oc1c(Cl)cc(C#N)cc1I. The predicted molar refractivity (Wildman–Crippen MR) is 60.2 cm³/mol. The van der Waals surface area contributed by atoms with Crippen LogP contribution >= 0.6 is 34.2 Å². The van der Waals surface area contributed by atoms with Crippen molar-refractivity contribution in [1.29, 1.82) is 5.26 Å². The van der Waals surface area contributed by atoms with E-state index in [4.69, 9.17) is 21.6 Å². The van der Waals surface area contributed by atoms with Gasteiger partial charge in [-0.25, -0.2) is 0 Å². The number of esters is 1. The molecule has 3 nitrogen and oxygen atoms in total. The second kappa shape index (κ2) is 4.62. The molecule has 0 aromatic heterocycles. The predicted octanol–water partition coefficient (Wildman–Crippen LogP) is 2.74. The van der Waals surface area contributed by atoms with Crippen molar-refractivity contribution in [2.24, 2.45) is 0 Å². The molecular formula is C9H5ClINO2. The minimum atomic E-state index is -0.436. The van der Waals surface area contributed by atoms with Crippen LogP contribution in [0.5, 0.6) is 5.75 Å². The Balaban J connectivity index is 3.19. The van der Waals surface area contributed by atoms with Crippen LogP contribution in [0.3, 0.4) is 0 Å². The Bertz CT molecular complexity index is 402. The molecule has 1 aromatic carbocycles. The maximum absolute atomic E-state index is 10.7. The van der Waals surface area contributed by atoms with Gasteiger partial charge in [-0.2, -0.15) is 5.26 Å². The smallest absolute Gasteiger partial charge is 0.308 e. The fraction of sp³-hybridized carbons (Fsp3) is 0.111. The number of rotatable bonds is 1. The quantitative estimate of drug-likeness (QED) is 0.454. The monoisotopic (exact) mass is 321 g/mol. The third-order valence-corrected chi connectivity index (χ3v) is 2.46. The Kier molecular flexibility index (Phi) is 3.72. The standard InChI is InChI=1S/C9H5ClINO2/c1-5(13)14-9-7(10)2-6(4-12)3-8(9)11/h2-3H,1H3. The number of carbonyl (C=O) groups is 1. The van der Waals surface area contributed by atoms with E-state index in [0.717, 1.165) is 0 Å². The Labute approximate surface area is 99.8 Å². The first-order chi connectivity index (χ1) is 6.54. The van der Waals surface area contributed by atoms with Gasteiger partial charge in [-0.1, -0.05) is 11.6 Å². The molecule has 1 rings (SSSR count). The van der Waals surface area contributed by atoms with Gasteiger partial charge in [0.05, 0.1) is 20.2 Å². The van der Waals surface area contributed by atoms with Gasteiger partial charge in [0.25, 0.3) is 0 Å². The highest BCUT2D eigenvalue weighted by molar-refractivity contribution is 14.1. The molecule has 0 spiro atoms. The van der Waals surface area contributed by atoms with Crippen LogP contribution in [-0.4, -0.2) is 5.97 Å². The van der Waals surface area contributed by atoms with Crippen LogP contribution in [0.15, 0.2) is 12.1 Å². The van der Waals surface area contributed by atoms with Crippen molar-refractivity contribution in [3.8, 4) is 11.8 Å². The highest BCUT2D eigenvalue weighted by Crippen LogP contribution is 2.31. The lowest BCUT2D eigenvalue weighted by Gasteiger charge is -2.06. The Morgan fingerprint density at radius 1 is 1.64 bits per heavy atom. The molecule has 0 fully saturated rings. The molecule has 72 valence electrons. The normalized spacial score (nSPS) is 9.29. The maximum atomic E-state index is 10.7. The van der Waals surface area contributed by atoms with Crippen LogP contribution in [0.4, 0.5) is 0 Å². The molecule has 0 saturated heterocycles. The lowest BCUT2D eigenvalue weighted by Crippen LogP contribution is -2.03. The first-order valence-electron chi connectivity index (χ1n) is 3.62. The molecule has 0 radical (unpaired) electrons. The number of nitriles is 1. The first kappa shape index (κ1) is 11.3. The van der Waals surface area contributed by atoms with E-state index in [2.05, 4.69) is 0 Å². The number of hydrogen-bond donors (Lipinski definition) is 0. The minimum absolute atomic E-state index is 0.267. The van der Waals surface area contributed by atoms with Crippen LogP contribution in [0.2, 0.25) is 5.02 Å². The number of hydrogen-bond acceptors (Lipinski definition) is 3. The van der Waals surface area contributed by atoms with Gasteiger partial charge in [0.1, 0.15) is 0 Å². The van der Waals surface area contributed by atoms with Gasteiger partial charge in [-0.05, 0) is 34.7 Å². The molecule has 0 unspecified atom stereocenters. The van der Waals surface area contributed by atoms with Gasteiger partial charge < -0.3 is 4.74 Å². The second-order valence-electron chi connectivity index (χ2n) is 2.47. The first-order valence-corrected chi connectivity index (χ1v) is 5.08. The van der Waals surface area contributed by atoms with E-state index in [1.54, 1.807) is 6.07 Å². The Morgan fingerprint density at radius 3 is 2.71 bits per heavy atom. The van der Waals surface area contributed by atoms with Crippen molar-refractivity contribution >= 4 is 40.2 Å². The number of ether oxygens (including phenoxy) is 1. The third-order valence-electron chi connectivity index (χ3n) is 1.37. The average Bonchev–Trinajstić information content (AvgIpc) is 2.10. The molecule has 0 amide bonds. The third kappa shape index (κ3) is 2.59. The van der Waals surface area contributed by atoms with E-state index in [-0.39, 0.29) is 5.02 Å². The number of halogens is 2. The highest BCUT2D eigenvalue weighted by Gasteiger charge is 2.10. The molecule has 14 heavy (non-hydrogen) atoms. The van der Waals surface area contributed by atoms with Gasteiger partial charge in [0.15, 0.2) is 5.75 Å². The lowest BCUT2D eigenvalue weighted by molar-refractivity contribution is -0.131. The van der Waals surface area contributed by atoms with Crippen molar-refractivity contribution in [3.63, 3.8) is 0 Å². The minimum Gasteiger partial charge on any atom is -0.424 e. The van der Waals surface area contributed by atoms with Crippen LogP contribution < -0.4 is 4.74 Å². The molecule has 0 aliphatic heterocycles. The molecule has 0 aliphatic rings. The molecule has 0 atom stereocenters. The van der Waals surface area contributed by atoms with Crippen LogP contribution in [0.25, 0.3) is 0 Å². The van der Waals surface area contributed by atoms with Crippen molar-refractivity contribution in [1.82, 2.24) is 0 Å². The van der Waals surface area contributed by atoms with Gasteiger partial charge in [0.2, 0.25) is 0 Å². The summed E-state index contributed by atoms with van der Waals surface area (Å²) < 4.78 is 5.53. The Hall–Kier alpha value is -0.800. The zero-order chi connectivity index (χ0) is 10.7. The summed E-state index contributed by atoms with van der Waals surface area (Å²) in [4.78, 5) is 10.7. The zero-order valence-corrected chi connectivity index (χ0v) is 10.1. The molecule has 1 aromatic rings. The maximum Gasteiger partial charge on any atom is 0.308 e. The molecular weight excluding hydrogens is 316 g/mol. The molecule has 0 heterocycles. The second-order valence-corrected chi connectivity index (χ2v) is 4.04. The molecule has 5 heteroatoms. The number of benzene rings is 1. The van der Waals surface area contributed by atoms with E-state index in [1.165, 1.54) is 13.0 Å². The van der Waals surface area contributed by atoms with Gasteiger partial charge in [-0.3, -0.25) is 4.79 Å². The summed E-state index contributed by atoms with van der Waals surface area (Å²) in [5, 5.41) is 8.91. The van der Waals surface area contributed by atoms with Gasteiger partial charge >= 0.3 is 5.97 Å². The summed E-state index contributed by atoms with van der Waals surface area (Å²) in [6.07, 6.45) is 0. The van der Waals surface area contributed by atoms with Crippen molar-refractivity contribution in [2.45, 2.75) is 6.92 Å². The zero-order valence-electron chi connectivity index (χ0n) is 7.17. The largest absolute Gasteiger partial charge is 0.424 e. The summed E-state index contributed by atoms with van der Waals surface area (Å²) in [6.45, 7) is 1.30. The van der Waals surface area contributed by atoms with E-state index in [0.29, 0.717) is 14.9 Å². The molecule has 0 aliphatic carbocycles. The highest BCUT2D eigenvalue weighted by atomic mass is 127. The van der Waals surface area contributed by atoms with Gasteiger partial charge in [0, 0.05) is 6.92 Å². The number of nitrogens with zero attached hydrogens (tertiary/aromatic N) is 1. The van der Waals surface area contributed by atoms with Gasteiger partial charge in [-0.15, -0.1) is 0 Å². The van der Waals surface area contributed by atoms with Crippen molar-refractivity contribution in [3.05, 3.63) is 26.3 Å². The lowest BCUT2D eigenvalue weighted by atomic mass is 10.2. The fourth-order valence-corrected chi connectivity index (χ4v) is 2.02. The molecule has 0 bridgehead atoms. The van der Waals surface area contributed by atoms with Crippen LogP contribution in [0, 0.1) is 14.9 Å². The average molecular weight is 322 g/mol. The van der Waals surface area contributed by atoms with Crippen molar-refractivity contribution < 1.29 is 9.53 Å². The van der Waals surface area contributed by atoms with E-state index in [9.17, 15) is 4.79 Å². The van der Waals surface area contributed by atoms with E-state index < -0.39 is 5.97 Å². The van der Waals surface area contributed by atoms with Crippen LogP contribution in [0.1, 0.15) is 12.5 Å². The van der Waals surface area contributed by atoms with Crippen LogP contribution in [-0.2, 0) is 4.79 Å². The summed E-state index contributed by atoms with van der Waals surface area (Å²) in [6, 6.07) is 5.02.